The quantitative estimate of drug-likeness (QED) is 0.519. The molecule has 2 rings (SSSR count). The van der Waals surface area contributed by atoms with Crippen LogP contribution in [-0.2, 0) is 20.1 Å². The maximum atomic E-state index is 4.25. The second-order valence-corrected chi connectivity index (χ2v) is 4.51. The van der Waals surface area contributed by atoms with E-state index in [-0.39, 0.29) is 20.1 Å². The molecule has 1 nitrogen and oxygen atoms in total. The maximum absolute atomic E-state index is 4.25. The molecule has 0 unspecified atom stereocenters. The zero-order valence-electron chi connectivity index (χ0n) is 8.92. The first-order valence-corrected chi connectivity index (χ1v) is 5.39. The van der Waals surface area contributed by atoms with Crippen molar-refractivity contribution in [1.82, 2.24) is 0 Å². The normalized spacial score (nSPS) is 11.5. The van der Waals surface area contributed by atoms with Crippen molar-refractivity contribution in [3.05, 3.63) is 34.7 Å². The van der Waals surface area contributed by atoms with Gasteiger partial charge in [0.25, 0.3) is 0 Å². The molecule has 15 heavy (non-hydrogen) atoms. The van der Waals surface area contributed by atoms with Crippen molar-refractivity contribution in [3.8, 4) is 0 Å². The zero-order valence-corrected chi connectivity index (χ0v) is 12.1. The third kappa shape index (κ3) is 2.20. The van der Waals surface area contributed by atoms with E-state index in [1.807, 2.05) is 30.5 Å². The number of thiophene rings is 1. The summed E-state index contributed by atoms with van der Waals surface area (Å²) in [5, 5.41) is 1.21. The Morgan fingerprint density at radius 3 is 2.87 bits per heavy atom. The van der Waals surface area contributed by atoms with E-state index >= 15 is 0 Å². The minimum Gasteiger partial charge on any atom is -0.303 e. The summed E-state index contributed by atoms with van der Waals surface area (Å²) < 4.78 is 1.29. The van der Waals surface area contributed by atoms with Gasteiger partial charge in [0, 0.05) is 27.2 Å². The molecule has 81 valence electrons. The van der Waals surface area contributed by atoms with Gasteiger partial charge >= 0.3 is 0 Å². The van der Waals surface area contributed by atoms with Gasteiger partial charge in [-0.15, -0.1) is 29.7 Å². The number of fused-ring (bicyclic) bond motifs is 1. The number of hydrogen-bond donors (Lipinski definition) is 0. The van der Waals surface area contributed by atoms with Crippen LogP contribution >= 0.6 is 11.3 Å². The predicted octanol–water partition coefficient (Wildman–Crippen LogP) is 3.45. The molecule has 0 saturated heterocycles. The topological polar surface area (TPSA) is 12.4 Å². The molecule has 0 amide bonds. The molecule has 0 aliphatic heterocycles. The van der Waals surface area contributed by atoms with Gasteiger partial charge in [-0.1, -0.05) is 10.3 Å². The van der Waals surface area contributed by atoms with E-state index in [1.165, 1.54) is 20.5 Å². The number of aliphatic imine (C=N–C) groups is 1. The van der Waals surface area contributed by atoms with Crippen LogP contribution in [0.3, 0.4) is 0 Å². The molecule has 0 spiro atoms. The van der Waals surface area contributed by atoms with Crippen LogP contribution in [0, 0.1) is 13.0 Å². The fraction of sp³-hybridized carbons (Fsp3) is 0.250. The molecular formula is C12H12IrNS-. The summed E-state index contributed by atoms with van der Waals surface area (Å²) in [6.07, 6.45) is 0. The van der Waals surface area contributed by atoms with Crippen molar-refractivity contribution in [2.24, 2.45) is 4.99 Å². The molecule has 0 atom stereocenters. The van der Waals surface area contributed by atoms with E-state index in [2.05, 4.69) is 31.0 Å². The number of benzene rings is 1. The molecule has 0 bridgehead atoms. The molecule has 0 saturated carbocycles. The minimum atomic E-state index is 0. The van der Waals surface area contributed by atoms with Crippen molar-refractivity contribution in [2.45, 2.75) is 13.8 Å². The van der Waals surface area contributed by atoms with Crippen molar-refractivity contribution in [1.29, 1.82) is 0 Å². The molecule has 0 fully saturated rings. The summed E-state index contributed by atoms with van der Waals surface area (Å²) in [5.74, 6) is 0. The van der Waals surface area contributed by atoms with Gasteiger partial charge in [0.1, 0.15) is 0 Å². The number of hydrogen-bond acceptors (Lipinski definition) is 2. The minimum absolute atomic E-state index is 0. The van der Waals surface area contributed by atoms with E-state index in [9.17, 15) is 0 Å². The Bertz CT molecular complexity index is 499. The fourth-order valence-electron chi connectivity index (χ4n) is 1.64. The Kier molecular flexibility index (Phi) is 4.21. The van der Waals surface area contributed by atoms with Crippen molar-refractivity contribution < 1.29 is 20.1 Å². The standard InChI is InChI=1S/C12H12NS.Ir/c1-8(13-3)12-9(2)14-11-7-5-4-6-10(11)12;/h4-5,7H,1-3H3;/q-1;. The van der Waals surface area contributed by atoms with E-state index in [0.29, 0.717) is 0 Å². The first kappa shape index (κ1) is 12.6. The number of nitrogens with zero attached hydrogens (tertiary/aromatic N) is 1. The van der Waals surface area contributed by atoms with Gasteiger partial charge in [0.15, 0.2) is 0 Å². The second-order valence-electron chi connectivity index (χ2n) is 3.25. The molecule has 2 aromatic rings. The summed E-state index contributed by atoms with van der Waals surface area (Å²) >= 11 is 1.81. The van der Waals surface area contributed by atoms with Crippen LogP contribution in [0.4, 0.5) is 0 Å². The van der Waals surface area contributed by atoms with Crippen LogP contribution in [-0.4, -0.2) is 12.8 Å². The molecule has 0 N–H and O–H groups in total. The molecule has 0 aliphatic carbocycles. The van der Waals surface area contributed by atoms with Crippen LogP contribution in [0.5, 0.6) is 0 Å². The predicted molar refractivity (Wildman–Crippen MR) is 63.5 cm³/mol. The molecule has 1 radical (unpaired) electrons. The van der Waals surface area contributed by atoms with Gasteiger partial charge in [0.05, 0.1) is 0 Å². The third-order valence-electron chi connectivity index (χ3n) is 2.38. The Morgan fingerprint density at radius 1 is 1.47 bits per heavy atom. The molecule has 0 aliphatic rings. The summed E-state index contributed by atoms with van der Waals surface area (Å²) in [6.45, 7) is 4.19. The largest absolute Gasteiger partial charge is 0.303 e. The fourth-order valence-corrected chi connectivity index (χ4v) is 2.73. The Hall–Kier alpha value is -0.501. The Labute approximate surface area is 108 Å². The summed E-state index contributed by atoms with van der Waals surface area (Å²) in [4.78, 5) is 5.57. The van der Waals surface area contributed by atoms with E-state index < -0.39 is 0 Å². The molecule has 1 aromatic heterocycles. The monoisotopic (exact) mass is 395 g/mol. The van der Waals surface area contributed by atoms with Crippen molar-refractivity contribution in [3.63, 3.8) is 0 Å². The summed E-state index contributed by atoms with van der Waals surface area (Å²) in [6, 6.07) is 9.41. The zero-order chi connectivity index (χ0) is 10.1. The Morgan fingerprint density at radius 2 is 2.20 bits per heavy atom. The van der Waals surface area contributed by atoms with E-state index in [0.717, 1.165) is 5.71 Å². The van der Waals surface area contributed by atoms with Gasteiger partial charge in [-0.2, -0.15) is 0 Å². The van der Waals surface area contributed by atoms with E-state index in [4.69, 9.17) is 0 Å². The summed E-state index contributed by atoms with van der Waals surface area (Å²) in [5.41, 5.74) is 2.35. The average molecular weight is 395 g/mol. The van der Waals surface area contributed by atoms with Gasteiger partial charge in [-0.05, 0) is 24.4 Å². The number of rotatable bonds is 1. The van der Waals surface area contributed by atoms with E-state index in [1.54, 1.807) is 0 Å². The van der Waals surface area contributed by atoms with Crippen LogP contribution in [0.25, 0.3) is 10.1 Å². The SMILES string of the molecule is CN=C(C)c1c(C)sc2ccc[c-]c12.[Ir]. The van der Waals surface area contributed by atoms with Crippen LogP contribution in [0.15, 0.2) is 23.2 Å². The van der Waals surface area contributed by atoms with Crippen LogP contribution < -0.4 is 0 Å². The van der Waals surface area contributed by atoms with Gasteiger partial charge in [0.2, 0.25) is 0 Å². The average Bonchev–Trinajstić information content (AvgIpc) is 2.53. The van der Waals surface area contributed by atoms with Gasteiger partial charge in [-0.3, -0.25) is 0 Å². The van der Waals surface area contributed by atoms with Gasteiger partial charge in [-0.25, -0.2) is 11.3 Å². The number of aryl methyl sites for hydroxylation is 1. The van der Waals surface area contributed by atoms with Crippen LogP contribution in [0.2, 0.25) is 0 Å². The Balaban J connectivity index is 0.00000112. The smallest absolute Gasteiger partial charge is 0.0270 e. The van der Waals surface area contributed by atoms with Gasteiger partial charge < -0.3 is 4.99 Å². The second kappa shape index (κ2) is 5.02. The van der Waals surface area contributed by atoms with Crippen molar-refractivity contribution >= 4 is 27.1 Å². The van der Waals surface area contributed by atoms with Crippen LogP contribution in [0.1, 0.15) is 17.4 Å². The molecule has 3 heteroatoms. The summed E-state index contributed by atoms with van der Waals surface area (Å²) in [7, 11) is 1.83. The third-order valence-corrected chi connectivity index (χ3v) is 3.45. The molecule has 1 heterocycles. The van der Waals surface area contributed by atoms with Crippen molar-refractivity contribution in [2.75, 3.05) is 7.05 Å². The molecule has 1 aromatic carbocycles. The molecular weight excluding hydrogens is 382 g/mol. The maximum Gasteiger partial charge on any atom is 0.0270 e. The first-order chi connectivity index (χ1) is 6.74. The first-order valence-electron chi connectivity index (χ1n) is 4.57.